The zero-order valence-corrected chi connectivity index (χ0v) is 16.4. The molecule has 0 N–H and O–H groups in total. The number of sulfonamides is 1. The van der Waals surface area contributed by atoms with Gasteiger partial charge in [0.2, 0.25) is 15.9 Å². The standard InChI is InChI=1S/C17H23BrN2O3S/c1-3-24(22,23)19-8-6-13(7-9-19)17(21)20-12(2)10-14-11-15(18)4-5-16(14)20/h4-5,11-13H,3,6-10H2,1-2H3/t12-/m0/s1. The van der Waals surface area contributed by atoms with Crippen molar-refractivity contribution in [1.29, 1.82) is 0 Å². The van der Waals surface area contributed by atoms with Gasteiger partial charge in [-0.3, -0.25) is 4.79 Å². The number of halogens is 1. The number of carbonyl (C=O) groups excluding carboxylic acids is 1. The molecule has 1 saturated heterocycles. The molecule has 7 heteroatoms. The molecule has 1 aromatic rings. The Bertz CT molecular complexity index is 742. The Labute approximate surface area is 152 Å². The molecule has 5 nitrogen and oxygen atoms in total. The van der Waals surface area contributed by atoms with Gasteiger partial charge >= 0.3 is 0 Å². The predicted octanol–water partition coefficient (Wildman–Crippen LogP) is 2.79. The normalized spacial score (nSPS) is 22.6. The largest absolute Gasteiger partial charge is 0.309 e. The van der Waals surface area contributed by atoms with Crippen molar-refractivity contribution in [1.82, 2.24) is 4.31 Å². The van der Waals surface area contributed by atoms with E-state index >= 15 is 0 Å². The van der Waals surface area contributed by atoms with Crippen LogP contribution in [0.2, 0.25) is 0 Å². The molecule has 0 saturated carbocycles. The summed E-state index contributed by atoms with van der Waals surface area (Å²) in [7, 11) is -3.15. The SMILES string of the molecule is CCS(=O)(=O)N1CCC(C(=O)N2c3ccc(Br)cc3C[C@@H]2C)CC1. The van der Waals surface area contributed by atoms with Gasteiger partial charge in [-0.15, -0.1) is 0 Å². The minimum absolute atomic E-state index is 0.0923. The fourth-order valence-corrected chi connectivity index (χ4v) is 5.24. The number of anilines is 1. The lowest BCUT2D eigenvalue weighted by molar-refractivity contribution is -0.123. The predicted molar refractivity (Wildman–Crippen MR) is 98.6 cm³/mol. The molecule has 1 amide bonds. The molecule has 2 heterocycles. The lowest BCUT2D eigenvalue weighted by Gasteiger charge is -2.33. The van der Waals surface area contributed by atoms with Gasteiger partial charge in [-0.1, -0.05) is 15.9 Å². The molecule has 3 rings (SSSR count). The van der Waals surface area contributed by atoms with Crippen molar-refractivity contribution in [3.63, 3.8) is 0 Å². The number of hydrogen-bond acceptors (Lipinski definition) is 3. The van der Waals surface area contributed by atoms with Gasteiger partial charge in [0, 0.05) is 35.2 Å². The van der Waals surface area contributed by atoms with Crippen LogP contribution in [0.3, 0.4) is 0 Å². The number of carbonyl (C=O) groups is 1. The van der Waals surface area contributed by atoms with Gasteiger partial charge in [-0.2, -0.15) is 0 Å². The van der Waals surface area contributed by atoms with Crippen molar-refractivity contribution >= 4 is 37.5 Å². The van der Waals surface area contributed by atoms with Gasteiger partial charge in [0.1, 0.15) is 0 Å². The van der Waals surface area contributed by atoms with E-state index in [1.165, 1.54) is 9.87 Å². The molecule has 2 aliphatic heterocycles. The molecular weight excluding hydrogens is 392 g/mol. The highest BCUT2D eigenvalue weighted by molar-refractivity contribution is 9.10. The molecule has 1 fully saturated rings. The number of nitrogens with zero attached hydrogens (tertiary/aromatic N) is 2. The summed E-state index contributed by atoms with van der Waals surface area (Å²) in [5.41, 5.74) is 2.19. The van der Waals surface area contributed by atoms with Crippen LogP contribution in [0.25, 0.3) is 0 Å². The highest BCUT2D eigenvalue weighted by Crippen LogP contribution is 2.36. The molecule has 1 aromatic carbocycles. The van der Waals surface area contributed by atoms with Crippen molar-refractivity contribution in [3.05, 3.63) is 28.2 Å². The van der Waals surface area contributed by atoms with E-state index in [1.54, 1.807) is 6.92 Å². The minimum Gasteiger partial charge on any atom is -0.309 e. The first-order valence-corrected chi connectivity index (χ1v) is 10.8. The van der Waals surface area contributed by atoms with Gasteiger partial charge in [0.15, 0.2) is 0 Å². The first-order valence-electron chi connectivity index (χ1n) is 8.43. The fourth-order valence-electron chi connectivity index (χ4n) is 3.70. The van der Waals surface area contributed by atoms with Gasteiger partial charge in [-0.05, 0) is 56.9 Å². The van der Waals surface area contributed by atoms with Gasteiger partial charge in [0.05, 0.1) is 5.75 Å². The molecule has 132 valence electrons. The topological polar surface area (TPSA) is 57.7 Å². The summed E-state index contributed by atoms with van der Waals surface area (Å²) in [6.45, 7) is 4.63. The summed E-state index contributed by atoms with van der Waals surface area (Å²) in [4.78, 5) is 14.9. The van der Waals surface area contributed by atoms with E-state index in [2.05, 4.69) is 28.9 Å². The lowest BCUT2D eigenvalue weighted by Crippen LogP contribution is -2.46. The molecule has 0 spiro atoms. The van der Waals surface area contributed by atoms with E-state index in [0.717, 1.165) is 16.6 Å². The van der Waals surface area contributed by atoms with E-state index in [1.807, 2.05) is 17.0 Å². The third-order valence-electron chi connectivity index (χ3n) is 5.06. The van der Waals surface area contributed by atoms with Crippen LogP contribution in [-0.2, 0) is 21.2 Å². The van der Waals surface area contributed by atoms with E-state index < -0.39 is 10.0 Å². The van der Waals surface area contributed by atoms with Crippen LogP contribution >= 0.6 is 15.9 Å². The van der Waals surface area contributed by atoms with Crippen LogP contribution in [0.1, 0.15) is 32.3 Å². The third kappa shape index (κ3) is 3.26. The molecule has 0 aliphatic carbocycles. The van der Waals surface area contributed by atoms with Crippen molar-refractivity contribution in [3.8, 4) is 0 Å². The summed E-state index contributed by atoms with van der Waals surface area (Å²) >= 11 is 3.48. The first-order chi connectivity index (χ1) is 11.3. The maximum Gasteiger partial charge on any atom is 0.230 e. The Morgan fingerprint density at radius 1 is 1.29 bits per heavy atom. The van der Waals surface area contributed by atoms with E-state index in [0.29, 0.717) is 25.9 Å². The monoisotopic (exact) mass is 414 g/mol. The van der Waals surface area contributed by atoms with Crippen LogP contribution < -0.4 is 4.90 Å². The van der Waals surface area contributed by atoms with E-state index in [4.69, 9.17) is 0 Å². The minimum atomic E-state index is -3.15. The second kappa shape index (κ2) is 6.77. The van der Waals surface area contributed by atoms with Crippen LogP contribution in [-0.4, -0.2) is 43.5 Å². The molecule has 0 aromatic heterocycles. The summed E-state index contributed by atoms with van der Waals surface area (Å²) in [5.74, 6) is 0.166. The highest BCUT2D eigenvalue weighted by Gasteiger charge is 2.37. The lowest BCUT2D eigenvalue weighted by atomic mass is 9.96. The number of fused-ring (bicyclic) bond motifs is 1. The number of amides is 1. The van der Waals surface area contributed by atoms with Crippen molar-refractivity contribution in [2.24, 2.45) is 5.92 Å². The Hall–Kier alpha value is -0.920. The quantitative estimate of drug-likeness (QED) is 0.763. The van der Waals surface area contributed by atoms with Crippen molar-refractivity contribution in [2.45, 2.75) is 39.2 Å². The summed E-state index contributed by atoms with van der Waals surface area (Å²) in [6, 6.07) is 6.19. The average Bonchev–Trinajstić information content (AvgIpc) is 2.89. The summed E-state index contributed by atoms with van der Waals surface area (Å²) < 4.78 is 26.5. The summed E-state index contributed by atoms with van der Waals surface area (Å²) in [6.07, 6.45) is 2.07. The van der Waals surface area contributed by atoms with Gasteiger partial charge in [-0.25, -0.2) is 12.7 Å². The fraction of sp³-hybridized carbons (Fsp3) is 0.588. The van der Waals surface area contributed by atoms with E-state index in [-0.39, 0.29) is 23.6 Å². The number of piperidine rings is 1. The van der Waals surface area contributed by atoms with Crippen molar-refractivity contribution < 1.29 is 13.2 Å². The smallest absolute Gasteiger partial charge is 0.230 e. The number of benzene rings is 1. The summed E-state index contributed by atoms with van der Waals surface area (Å²) in [5, 5.41) is 0. The van der Waals surface area contributed by atoms with Crippen molar-refractivity contribution in [2.75, 3.05) is 23.7 Å². The van der Waals surface area contributed by atoms with Gasteiger partial charge < -0.3 is 4.90 Å². The number of hydrogen-bond donors (Lipinski definition) is 0. The molecule has 24 heavy (non-hydrogen) atoms. The second-order valence-electron chi connectivity index (χ2n) is 6.61. The van der Waals surface area contributed by atoms with E-state index in [9.17, 15) is 13.2 Å². The zero-order valence-electron chi connectivity index (χ0n) is 14.0. The van der Waals surface area contributed by atoms with Crippen LogP contribution in [0.15, 0.2) is 22.7 Å². The third-order valence-corrected chi connectivity index (χ3v) is 7.43. The molecule has 0 unspecified atom stereocenters. The Balaban J connectivity index is 1.73. The Morgan fingerprint density at radius 3 is 2.58 bits per heavy atom. The molecule has 2 aliphatic rings. The Morgan fingerprint density at radius 2 is 1.96 bits per heavy atom. The molecule has 1 atom stereocenters. The maximum absolute atomic E-state index is 13.0. The van der Waals surface area contributed by atoms with Crippen LogP contribution in [0.5, 0.6) is 0 Å². The highest BCUT2D eigenvalue weighted by atomic mass is 79.9. The number of rotatable bonds is 3. The average molecular weight is 415 g/mol. The Kier molecular flexibility index (Phi) is 5.04. The molecule has 0 radical (unpaired) electrons. The van der Waals surface area contributed by atoms with Crippen LogP contribution in [0, 0.1) is 5.92 Å². The first kappa shape index (κ1) is 17.9. The molecule has 0 bridgehead atoms. The van der Waals surface area contributed by atoms with Crippen LogP contribution in [0.4, 0.5) is 5.69 Å². The second-order valence-corrected chi connectivity index (χ2v) is 9.78. The maximum atomic E-state index is 13.0. The molecular formula is C17H23BrN2O3S. The van der Waals surface area contributed by atoms with Gasteiger partial charge in [0.25, 0.3) is 0 Å². The zero-order chi connectivity index (χ0) is 17.5.